The molecule has 1 N–H and O–H groups in total. The normalized spacial score (nSPS) is 20.9. The lowest BCUT2D eigenvalue weighted by Crippen LogP contribution is -2.44. The summed E-state index contributed by atoms with van der Waals surface area (Å²) in [6, 6.07) is 9.58. The molecule has 0 saturated carbocycles. The summed E-state index contributed by atoms with van der Waals surface area (Å²) in [5.41, 5.74) is 1.36. The third-order valence-electron chi connectivity index (χ3n) is 4.42. The first-order valence-corrected chi connectivity index (χ1v) is 7.86. The number of hydrogen-bond donors (Lipinski definition) is 1. The molecule has 1 aromatic carbocycles. The van der Waals surface area contributed by atoms with E-state index in [0.29, 0.717) is 12.1 Å². The number of methoxy groups -OCH3 is 1. The summed E-state index contributed by atoms with van der Waals surface area (Å²) in [6.45, 7) is 7.96. The van der Waals surface area contributed by atoms with E-state index in [0.717, 1.165) is 18.8 Å². The lowest BCUT2D eigenvalue weighted by molar-refractivity contribution is 0.184. The first-order valence-electron chi connectivity index (χ1n) is 7.86. The zero-order chi connectivity index (χ0) is 14.4. The average Bonchev–Trinajstić information content (AvgIpc) is 2.53. The third kappa shape index (κ3) is 3.97. The third-order valence-corrected chi connectivity index (χ3v) is 4.42. The van der Waals surface area contributed by atoms with Crippen molar-refractivity contribution in [3.63, 3.8) is 0 Å². The predicted molar refractivity (Wildman–Crippen MR) is 84.3 cm³/mol. The van der Waals surface area contributed by atoms with Gasteiger partial charge in [-0.1, -0.05) is 25.5 Å². The van der Waals surface area contributed by atoms with E-state index in [1.54, 1.807) is 7.11 Å². The minimum absolute atomic E-state index is 0.453. The monoisotopic (exact) mass is 276 g/mol. The number of hydrogen-bond acceptors (Lipinski definition) is 3. The second-order valence-electron chi connectivity index (χ2n) is 5.68. The van der Waals surface area contributed by atoms with Gasteiger partial charge in [0, 0.05) is 18.6 Å². The zero-order valence-electron chi connectivity index (χ0n) is 13.1. The molecule has 3 heteroatoms. The molecule has 2 atom stereocenters. The van der Waals surface area contributed by atoms with E-state index in [2.05, 4.69) is 48.3 Å². The Bertz CT molecular complexity index is 384. The highest BCUT2D eigenvalue weighted by Crippen LogP contribution is 2.23. The molecule has 0 amide bonds. The van der Waals surface area contributed by atoms with Crippen molar-refractivity contribution >= 4 is 0 Å². The molecular formula is C17H28N2O. The summed E-state index contributed by atoms with van der Waals surface area (Å²) in [6.07, 6.45) is 4.01. The van der Waals surface area contributed by atoms with Crippen molar-refractivity contribution < 1.29 is 4.74 Å². The van der Waals surface area contributed by atoms with Gasteiger partial charge in [-0.15, -0.1) is 0 Å². The Labute approximate surface area is 123 Å². The van der Waals surface area contributed by atoms with E-state index in [1.807, 2.05) is 0 Å². The number of nitrogens with zero attached hydrogens (tertiary/aromatic N) is 1. The molecule has 112 valence electrons. The molecule has 3 nitrogen and oxygen atoms in total. The molecule has 2 unspecified atom stereocenters. The van der Waals surface area contributed by atoms with Gasteiger partial charge in [0.1, 0.15) is 5.75 Å². The van der Waals surface area contributed by atoms with Crippen molar-refractivity contribution in [1.82, 2.24) is 10.2 Å². The maximum Gasteiger partial charge on any atom is 0.118 e. The van der Waals surface area contributed by atoms with Gasteiger partial charge >= 0.3 is 0 Å². The molecule has 1 heterocycles. The highest BCUT2D eigenvalue weighted by atomic mass is 16.5. The Hall–Kier alpha value is -1.06. The topological polar surface area (TPSA) is 24.5 Å². The largest absolute Gasteiger partial charge is 0.497 e. The van der Waals surface area contributed by atoms with Gasteiger partial charge < -0.3 is 10.1 Å². The first kappa shape index (κ1) is 15.3. The molecule has 20 heavy (non-hydrogen) atoms. The molecule has 2 rings (SSSR count). The van der Waals surface area contributed by atoms with Gasteiger partial charge in [0.05, 0.1) is 7.11 Å². The van der Waals surface area contributed by atoms with E-state index >= 15 is 0 Å². The van der Waals surface area contributed by atoms with Crippen LogP contribution >= 0.6 is 0 Å². The number of piperidine rings is 1. The van der Waals surface area contributed by atoms with E-state index in [9.17, 15) is 0 Å². The van der Waals surface area contributed by atoms with Gasteiger partial charge in [0.25, 0.3) is 0 Å². The first-order chi connectivity index (χ1) is 9.74. The van der Waals surface area contributed by atoms with Crippen molar-refractivity contribution in [2.75, 3.05) is 26.7 Å². The molecule has 1 fully saturated rings. The molecule has 0 aromatic heterocycles. The van der Waals surface area contributed by atoms with Crippen LogP contribution in [0.15, 0.2) is 24.3 Å². The van der Waals surface area contributed by atoms with Gasteiger partial charge in [-0.25, -0.2) is 0 Å². The van der Waals surface area contributed by atoms with Crippen LogP contribution in [0.5, 0.6) is 5.75 Å². The van der Waals surface area contributed by atoms with Crippen molar-refractivity contribution in [1.29, 1.82) is 0 Å². The smallest absolute Gasteiger partial charge is 0.118 e. The number of ether oxygens (including phenoxy) is 1. The minimum atomic E-state index is 0.453. The summed E-state index contributed by atoms with van der Waals surface area (Å²) < 4.78 is 5.23. The van der Waals surface area contributed by atoms with Crippen LogP contribution in [0.25, 0.3) is 0 Å². The molecular weight excluding hydrogens is 248 g/mol. The lowest BCUT2D eigenvalue weighted by atomic mass is 10.0. The van der Waals surface area contributed by atoms with Crippen molar-refractivity contribution in [3.05, 3.63) is 29.8 Å². The second-order valence-corrected chi connectivity index (χ2v) is 5.68. The molecule has 0 aliphatic carbocycles. The van der Waals surface area contributed by atoms with Crippen LogP contribution in [0.2, 0.25) is 0 Å². The number of nitrogens with one attached hydrogen (secondary N) is 1. The quantitative estimate of drug-likeness (QED) is 0.863. The van der Waals surface area contributed by atoms with E-state index < -0.39 is 0 Å². The molecule has 0 radical (unpaired) electrons. The van der Waals surface area contributed by atoms with Crippen molar-refractivity contribution in [3.8, 4) is 5.75 Å². The van der Waals surface area contributed by atoms with Crippen LogP contribution in [-0.2, 0) is 0 Å². The van der Waals surface area contributed by atoms with Gasteiger partial charge in [-0.3, -0.25) is 4.90 Å². The fourth-order valence-corrected chi connectivity index (χ4v) is 3.02. The van der Waals surface area contributed by atoms with Crippen LogP contribution in [-0.4, -0.2) is 37.7 Å². The maximum absolute atomic E-state index is 5.23. The average molecular weight is 276 g/mol. The van der Waals surface area contributed by atoms with Crippen LogP contribution in [0, 0.1) is 0 Å². The van der Waals surface area contributed by atoms with Crippen LogP contribution in [0.3, 0.4) is 0 Å². The fourth-order valence-electron chi connectivity index (χ4n) is 3.02. The van der Waals surface area contributed by atoms with E-state index in [1.165, 1.54) is 31.4 Å². The van der Waals surface area contributed by atoms with Crippen LogP contribution in [0.4, 0.5) is 0 Å². The number of benzene rings is 1. The number of rotatable bonds is 6. The summed E-state index contributed by atoms with van der Waals surface area (Å²) in [4.78, 5) is 2.56. The predicted octanol–water partition coefficient (Wildman–Crippen LogP) is 3.22. The SMILES string of the molecule is CCN(CC1CCCCN1)C(C)c1ccc(OC)cc1. The summed E-state index contributed by atoms with van der Waals surface area (Å²) in [5, 5.41) is 3.65. The van der Waals surface area contributed by atoms with Crippen molar-refractivity contribution in [2.45, 2.75) is 45.2 Å². The minimum Gasteiger partial charge on any atom is -0.497 e. The Kier molecular flexibility index (Phi) is 5.86. The Morgan fingerprint density at radius 2 is 2.05 bits per heavy atom. The summed E-state index contributed by atoms with van der Waals surface area (Å²) in [5.74, 6) is 0.929. The molecule has 1 aliphatic rings. The van der Waals surface area contributed by atoms with E-state index in [4.69, 9.17) is 4.74 Å². The van der Waals surface area contributed by atoms with Crippen LogP contribution in [0.1, 0.15) is 44.7 Å². The van der Waals surface area contributed by atoms with Crippen LogP contribution < -0.4 is 10.1 Å². The highest BCUT2D eigenvalue weighted by molar-refractivity contribution is 5.28. The van der Waals surface area contributed by atoms with Gasteiger partial charge in [0.2, 0.25) is 0 Å². The molecule has 1 saturated heterocycles. The van der Waals surface area contributed by atoms with Crippen molar-refractivity contribution in [2.24, 2.45) is 0 Å². The standard InChI is InChI=1S/C17H28N2O/c1-4-19(13-16-7-5-6-12-18-16)14(2)15-8-10-17(20-3)11-9-15/h8-11,14,16,18H,4-7,12-13H2,1-3H3. The van der Waals surface area contributed by atoms with E-state index in [-0.39, 0.29) is 0 Å². The maximum atomic E-state index is 5.23. The second kappa shape index (κ2) is 7.65. The Morgan fingerprint density at radius 3 is 2.60 bits per heavy atom. The highest BCUT2D eigenvalue weighted by Gasteiger charge is 2.20. The molecule has 0 spiro atoms. The van der Waals surface area contributed by atoms with Gasteiger partial charge in [0.15, 0.2) is 0 Å². The summed E-state index contributed by atoms with van der Waals surface area (Å²) >= 11 is 0. The molecule has 1 aromatic rings. The molecule has 0 bridgehead atoms. The fraction of sp³-hybridized carbons (Fsp3) is 0.647. The Balaban J connectivity index is 1.97. The van der Waals surface area contributed by atoms with Gasteiger partial charge in [-0.2, -0.15) is 0 Å². The summed E-state index contributed by atoms with van der Waals surface area (Å²) in [7, 11) is 1.71. The number of likely N-dealkylation sites (N-methyl/N-ethyl adjacent to an activating group) is 1. The van der Waals surface area contributed by atoms with Gasteiger partial charge in [-0.05, 0) is 50.6 Å². The Morgan fingerprint density at radius 1 is 1.30 bits per heavy atom. The lowest BCUT2D eigenvalue weighted by Gasteiger charge is -2.34. The zero-order valence-corrected chi connectivity index (χ0v) is 13.1. The molecule has 1 aliphatic heterocycles.